The molecule has 2 amide bonds. The molecule has 37 heavy (non-hydrogen) atoms. The van der Waals surface area contributed by atoms with Crippen molar-refractivity contribution >= 4 is 51.7 Å². The normalized spacial score (nSPS) is 10.9. The highest BCUT2D eigenvalue weighted by atomic mass is 79.9. The van der Waals surface area contributed by atoms with Gasteiger partial charge in [-0.05, 0) is 66.2 Å². The Bertz CT molecular complexity index is 1450. The molecule has 0 radical (unpaired) electrons. The first kappa shape index (κ1) is 25.3. The lowest BCUT2D eigenvalue weighted by Gasteiger charge is -2.07. The topological polar surface area (TPSA) is 110 Å². The number of hydrogen-bond donors (Lipinski definition) is 2. The van der Waals surface area contributed by atoms with Crippen LogP contribution in [0.2, 0.25) is 0 Å². The summed E-state index contributed by atoms with van der Waals surface area (Å²) in [5, 5.41) is 6.66. The predicted octanol–water partition coefficient (Wildman–Crippen LogP) is 5.68. The molecule has 1 aromatic heterocycles. The molecule has 184 valence electrons. The lowest BCUT2D eigenvalue weighted by Crippen LogP contribution is -2.18. The van der Waals surface area contributed by atoms with Crippen LogP contribution in [0, 0.1) is 0 Å². The van der Waals surface area contributed by atoms with Gasteiger partial charge in [0.2, 0.25) is 0 Å². The average Bonchev–Trinajstić information content (AvgIpc) is 3.45. The minimum absolute atomic E-state index is 0.181. The van der Waals surface area contributed by atoms with Gasteiger partial charge in [0, 0.05) is 27.4 Å². The van der Waals surface area contributed by atoms with E-state index in [0.29, 0.717) is 16.8 Å². The fraction of sp³-hybridized carbons (Fsp3) is 0. The fourth-order valence-corrected chi connectivity index (χ4v) is 3.49. The molecule has 3 aromatic carbocycles. The second-order valence-electron chi connectivity index (χ2n) is 7.56. The molecular formula is C28H20BrN3O5. The summed E-state index contributed by atoms with van der Waals surface area (Å²) in [5.41, 5.74) is 4.62. The van der Waals surface area contributed by atoms with Crippen molar-refractivity contribution in [3.63, 3.8) is 0 Å². The van der Waals surface area contributed by atoms with Gasteiger partial charge in [0.05, 0.1) is 12.5 Å². The number of ether oxygens (including phenoxy) is 1. The van der Waals surface area contributed by atoms with Crippen molar-refractivity contribution in [2.45, 2.75) is 0 Å². The number of benzene rings is 3. The van der Waals surface area contributed by atoms with E-state index >= 15 is 0 Å². The van der Waals surface area contributed by atoms with Crippen molar-refractivity contribution in [2.75, 3.05) is 5.32 Å². The number of halogens is 1. The quantitative estimate of drug-likeness (QED) is 0.0952. The monoisotopic (exact) mass is 557 g/mol. The van der Waals surface area contributed by atoms with Gasteiger partial charge in [0.1, 0.15) is 5.75 Å². The van der Waals surface area contributed by atoms with Gasteiger partial charge in [0.25, 0.3) is 11.8 Å². The van der Waals surface area contributed by atoms with Crippen molar-refractivity contribution in [3.05, 3.63) is 124 Å². The van der Waals surface area contributed by atoms with E-state index < -0.39 is 17.8 Å². The minimum Gasteiger partial charge on any atom is -0.459 e. The molecule has 0 aliphatic heterocycles. The molecule has 4 aromatic rings. The molecule has 0 aliphatic rings. The number of nitrogens with one attached hydrogen (secondary N) is 2. The first-order valence-corrected chi connectivity index (χ1v) is 11.8. The highest BCUT2D eigenvalue weighted by Gasteiger charge is 2.10. The first-order valence-electron chi connectivity index (χ1n) is 11.0. The Labute approximate surface area is 220 Å². The van der Waals surface area contributed by atoms with Crippen LogP contribution in [0.3, 0.4) is 0 Å². The van der Waals surface area contributed by atoms with Gasteiger partial charge in [-0.2, -0.15) is 5.10 Å². The molecule has 8 nitrogen and oxygen atoms in total. The van der Waals surface area contributed by atoms with Gasteiger partial charge in [-0.15, -0.1) is 0 Å². The molecule has 9 heteroatoms. The third-order valence-corrected chi connectivity index (χ3v) is 5.41. The maximum atomic E-state index is 12.5. The molecule has 0 atom stereocenters. The Morgan fingerprint density at radius 1 is 0.892 bits per heavy atom. The zero-order valence-electron chi connectivity index (χ0n) is 19.3. The first-order chi connectivity index (χ1) is 18.0. The number of hydrazone groups is 1. The van der Waals surface area contributed by atoms with E-state index in [2.05, 4.69) is 31.8 Å². The second-order valence-corrected chi connectivity index (χ2v) is 8.47. The number of hydrogen-bond acceptors (Lipinski definition) is 6. The minimum atomic E-state index is -0.552. The Morgan fingerprint density at radius 2 is 1.68 bits per heavy atom. The second kappa shape index (κ2) is 12.3. The van der Waals surface area contributed by atoms with E-state index in [-0.39, 0.29) is 11.5 Å². The largest absolute Gasteiger partial charge is 0.459 e. The summed E-state index contributed by atoms with van der Waals surface area (Å²) >= 11 is 3.38. The van der Waals surface area contributed by atoms with Gasteiger partial charge >= 0.3 is 5.97 Å². The molecule has 0 unspecified atom stereocenters. The van der Waals surface area contributed by atoms with Gasteiger partial charge in [0.15, 0.2) is 5.76 Å². The Balaban J connectivity index is 1.36. The van der Waals surface area contributed by atoms with E-state index in [9.17, 15) is 14.4 Å². The fourth-order valence-electron chi connectivity index (χ4n) is 3.11. The predicted molar refractivity (Wildman–Crippen MR) is 143 cm³/mol. The number of esters is 1. The van der Waals surface area contributed by atoms with Crippen LogP contribution in [0.5, 0.6) is 5.75 Å². The van der Waals surface area contributed by atoms with Gasteiger partial charge in [-0.3, -0.25) is 9.59 Å². The molecule has 4 rings (SSSR count). The number of amides is 2. The Hall–Kier alpha value is -4.76. The summed E-state index contributed by atoms with van der Waals surface area (Å²) in [6, 6.07) is 23.9. The van der Waals surface area contributed by atoms with Crippen molar-refractivity contribution < 1.29 is 23.5 Å². The third-order valence-electron chi connectivity index (χ3n) is 4.91. The molecule has 1 heterocycles. The zero-order valence-corrected chi connectivity index (χ0v) is 20.8. The Kier molecular flexibility index (Phi) is 8.41. The van der Waals surface area contributed by atoms with Crippen molar-refractivity contribution in [3.8, 4) is 5.75 Å². The van der Waals surface area contributed by atoms with E-state index in [0.717, 1.165) is 10.0 Å². The van der Waals surface area contributed by atoms with E-state index in [4.69, 9.17) is 9.15 Å². The number of rotatable bonds is 8. The molecular weight excluding hydrogens is 538 g/mol. The zero-order chi connectivity index (χ0) is 26.0. The van der Waals surface area contributed by atoms with E-state index in [1.807, 2.05) is 30.3 Å². The third kappa shape index (κ3) is 7.36. The SMILES string of the molecule is O=C(/C=C/c1ccccc1)Oc1ccc(Br)cc1/C=N\NC(=O)c1ccc(NC(=O)c2ccco2)cc1. The van der Waals surface area contributed by atoms with Crippen LogP contribution in [-0.2, 0) is 4.79 Å². The summed E-state index contributed by atoms with van der Waals surface area (Å²) in [5.74, 6) is -0.946. The molecule has 0 saturated carbocycles. The highest BCUT2D eigenvalue weighted by molar-refractivity contribution is 9.10. The maximum absolute atomic E-state index is 12.5. The van der Waals surface area contributed by atoms with Crippen LogP contribution in [-0.4, -0.2) is 24.0 Å². The maximum Gasteiger partial charge on any atom is 0.336 e. The number of carbonyl (C=O) groups excluding carboxylic acids is 3. The lowest BCUT2D eigenvalue weighted by molar-refractivity contribution is -0.128. The van der Waals surface area contributed by atoms with Crippen molar-refractivity contribution in [2.24, 2.45) is 5.10 Å². The summed E-state index contributed by atoms with van der Waals surface area (Å²) in [7, 11) is 0. The Morgan fingerprint density at radius 3 is 2.41 bits per heavy atom. The highest BCUT2D eigenvalue weighted by Crippen LogP contribution is 2.22. The van der Waals surface area contributed by atoms with Crippen LogP contribution < -0.4 is 15.5 Å². The van der Waals surface area contributed by atoms with Crippen molar-refractivity contribution in [1.82, 2.24) is 5.43 Å². The van der Waals surface area contributed by atoms with E-state index in [1.54, 1.807) is 60.7 Å². The van der Waals surface area contributed by atoms with Crippen LogP contribution in [0.1, 0.15) is 32.0 Å². The van der Waals surface area contributed by atoms with Crippen molar-refractivity contribution in [1.29, 1.82) is 0 Å². The van der Waals surface area contributed by atoms with E-state index in [1.165, 1.54) is 18.6 Å². The number of nitrogens with zero attached hydrogens (tertiary/aromatic N) is 1. The summed E-state index contributed by atoms with van der Waals surface area (Å²) in [4.78, 5) is 36.8. The van der Waals surface area contributed by atoms with Gasteiger partial charge in [-0.25, -0.2) is 10.2 Å². The van der Waals surface area contributed by atoms with Gasteiger partial charge < -0.3 is 14.5 Å². The van der Waals surface area contributed by atoms with Crippen LogP contribution >= 0.6 is 15.9 Å². The van der Waals surface area contributed by atoms with Crippen LogP contribution in [0.15, 0.2) is 111 Å². The van der Waals surface area contributed by atoms with Gasteiger partial charge in [-0.1, -0.05) is 46.3 Å². The summed E-state index contributed by atoms with van der Waals surface area (Å²) in [6.45, 7) is 0. The molecule has 0 aliphatic carbocycles. The van der Waals surface area contributed by atoms with Crippen LogP contribution in [0.4, 0.5) is 5.69 Å². The van der Waals surface area contributed by atoms with Crippen LogP contribution in [0.25, 0.3) is 6.08 Å². The molecule has 0 fully saturated rings. The average molecular weight is 558 g/mol. The number of carbonyl (C=O) groups is 3. The molecule has 0 bridgehead atoms. The molecule has 2 N–H and O–H groups in total. The molecule has 0 spiro atoms. The summed E-state index contributed by atoms with van der Waals surface area (Å²) < 4.78 is 11.2. The molecule has 0 saturated heterocycles. The smallest absolute Gasteiger partial charge is 0.336 e. The standard InChI is InChI=1S/C28H20BrN3O5/c29-22-11-14-24(37-26(33)15-8-19-5-2-1-3-6-19)21(17-22)18-30-32-27(34)20-9-12-23(13-10-20)31-28(35)25-7-4-16-36-25/h1-18H,(H,31,35)(H,32,34)/b15-8+,30-18-. The summed E-state index contributed by atoms with van der Waals surface area (Å²) in [6.07, 6.45) is 5.78. The number of anilines is 1. The lowest BCUT2D eigenvalue weighted by atomic mass is 10.2. The number of furan rings is 1.